The van der Waals surface area contributed by atoms with E-state index in [1.165, 1.54) is 16.9 Å². The lowest BCUT2D eigenvalue weighted by Gasteiger charge is -2.24. The number of aromatic nitrogens is 1. The zero-order valence-corrected chi connectivity index (χ0v) is 20.7. The summed E-state index contributed by atoms with van der Waals surface area (Å²) in [7, 11) is -3.75. The average Bonchev–Trinajstić information content (AvgIpc) is 3.60. The first kappa shape index (κ1) is 23.0. The summed E-state index contributed by atoms with van der Waals surface area (Å²) in [6.45, 7) is 4.38. The van der Waals surface area contributed by atoms with Gasteiger partial charge in [-0.2, -0.15) is 0 Å². The van der Waals surface area contributed by atoms with Gasteiger partial charge in [0.25, 0.3) is 10.0 Å². The van der Waals surface area contributed by atoms with Crippen molar-refractivity contribution in [3.8, 4) is 0 Å². The Morgan fingerprint density at radius 1 is 1.12 bits per heavy atom. The highest BCUT2D eigenvalue weighted by molar-refractivity contribution is 7.93. The molecule has 2 saturated heterocycles. The van der Waals surface area contributed by atoms with Crippen molar-refractivity contribution in [3.05, 3.63) is 71.2 Å². The molecule has 0 spiro atoms. The van der Waals surface area contributed by atoms with Gasteiger partial charge in [-0.25, -0.2) is 13.4 Å². The lowest BCUT2D eigenvalue weighted by atomic mass is 9.99. The molecule has 7 nitrogen and oxygen atoms in total. The van der Waals surface area contributed by atoms with Crippen LogP contribution in [0.4, 0.5) is 10.8 Å². The molecule has 5 rings (SSSR count). The van der Waals surface area contributed by atoms with E-state index in [1.54, 1.807) is 23.7 Å². The number of amides is 1. The largest absolute Gasteiger partial charge is 0.311 e. The Bertz CT molecular complexity index is 1260. The molecule has 178 valence electrons. The molecule has 2 aromatic carbocycles. The minimum atomic E-state index is -3.75. The highest BCUT2D eigenvalue weighted by Gasteiger charge is 2.40. The van der Waals surface area contributed by atoms with Gasteiger partial charge in [0.2, 0.25) is 5.91 Å². The second kappa shape index (κ2) is 9.48. The Hall–Kier alpha value is -2.75. The second-order valence-electron chi connectivity index (χ2n) is 8.77. The van der Waals surface area contributed by atoms with Crippen LogP contribution in [-0.4, -0.2) is 49.9 Å². The van der Waals surface area contributed by atoms with Gasteiger partial charge in [0, 0.05) is 30.4 Å². The molecule has 3 aromatic rings. The van der Waals surface area contributed by atoms with Crippen molar-refractivity contribution in [2.24, 2.45) is 0 Å². The Kier molecular flexibility index (Phi) is 6.42. The second-order valence-corrected chi connectivity index (χ2v) is 11.3. The van der Waals surface area contributed by atoms with E-state index in [0.29, 0.717) is 29.6 Å². The fraction of sp³-hybridized carbons (Fsp3) is 0.360. The SMILES string of the molecule is CCc1cc(N2CCC(N3CCC(c4ccccc4)C3)C2=O)ccc1S(=O)(=O)Nc1nccs1. The van der Waals surface area contributed by atoms with Crippen molar-refractivity contribution in [2.45, 2.75) is 43.0 Å². The maximum atomic E-state index is 13.4. The third kappa shape index (κ3) is 4.47. The minimum Gasteiger partial charge on any atom is -0.311 e. The number of likely N-dealkylation sites (tertiary alicyclic amines) is 1. The smallest absolute Gasteiger partial charge is 0.263 e. The van der Waals surface area contributed by atoms with E-state index in [2.05, 4.69) is 38.9 Å². The first-order valence-electron chi connectivity index (χ1n) is 11.6. The summed E-state index contributed by atoms with van der Waals surface area (Å²) >= 11 is 1.23. The fourth-order valence-electron chi connectivity index (χ4n) is 5.04. The number of hydrogen-bond acceptors (Lipinski definition) is 6. The molecule has 3 heterocycles. The van der Waals surface area contributed by atoms with Gasteiger partial charge in [0.15, 0.2) is 5.13 Å². The fourth-order valence-corrected chi connectivity index (χ4v) is 7.13. The zero-order valence-electron chi connectivity index (χ0n) is 19.1. The van der Waals surface area contributed by atoms with Gasteiger partial charge >= 0.3 is 0 Å². The van der Waals surface area contributed by atoms with Crippen LogP contribution >= 0.6 is 11.3 Å². The summed E-state index contributed by atoms with van der Waals surface area (Å²) in [5.74, 6) is 0.567. The number of hydrogen-bond donors (Lipinski definition) is 1. The van der Waals surface area contributed by atoms with Crippen molar-refractivity contribution in [3.63, 3.8) is 0 Å². The van der Waals surface area contributed by atoms with Crippen LogP contribution in [0.1, 0.15) is 36.8 Å². The Balaban J connectivity index is 1.31. The minimum absolute atomic E-state index is 0.104. The average molecular weight is 497 g/mol. The topological polar surface area (TPSA) is 82.6 Å². The van der Waals surface area contributed by atoms with Crippen LogP contribution in [0.15, 0.2) is 65.0 Å². The van der Waals surface area contributed by atoms with Crippen LogP contribution in [0.2, 0.25) is 0 Å². The van der Waals surface area contributed by atoms with Gasteiger partial charge in [-0.1, -0.05) is 37.3 Å². The van der Waals surface area contributed by atoms with Gasteiger partial charge in [0.05, 0.1) is 10.9 Å². The van der Waals surface area contributed by atoms with Crippen LogP contribution in [0.5, 0.6) is 0 Å². The number of benzene rings is 2. The third-order valence-electron chi connectivity index (χ3n) is 6.79. The Morgan fingerprint density at radius 2 is 1.94 bits per heavy atom. The predicted octanol–water partition coefficient (Wildman–Crippen LogP) is 4.10. The maximum absolute atomic E-state index is 13.4. The summed E-state index contributed by atoms with van der Waals surface area (Å²) in [4.78, 5) is 21.7. The third-order valence-corrected chi connectivity index (χ3v) is 9.05. The summed E-state index contributed by atoms with van der Waals surface area (Å²) < 4.78 is 28.4. The van der Waals surface area contributed by atoms with Crippen LogP contribution in [0.25, 0.3) is 0 Å². The highest BCUT2D eigenvalue weighted by atomic mass is 32.2. The first-order chi connectivity index (χ1) is 16.5. The van der Waals surface area contributed by atoms with Crippen LogP contribution in [-0.2, 0) is 21.2 Å². The van der Waals surface area contributed by atoms with Crippen molar-refractivity contribution in [1.29, 1.82) is 0 Å². The van der Waals surface area contributed by atoms with E-state index < -0.39 is 10.0 Å². The van der Waals surface area contributed by atoms with Crippen molar-refractivity contribution >= 4 is 38.1 Å². The van der Waals surface area contributed by atoms with E-state index in [-0.39, 0.29) is 16.8 Å². The van der Waals surface area contributed by atoms with Crippen molar-refractivity contribution in [1.82, 2.24) is 9.88 Å². The van der Waals surface area contributed by atoms with Crippen LogP contribution in [0.3, 0.4) is 0 Å². The van der Waals surface area contributed by atoms with Gasteiger partial charge in [0.1, 0.15) is 0 Å². The van der Waals surface area contributed by atoms with Gasteiger partial charge in [-0.3, -0.25) is 14.4 Å². The summed E-state index contributed by atoms with van der Waals surface area (Å²) in [5.41, 5.74) is 2.78. The Morgan fingerprint density at radius 3 is 2.68 bits per heavy atom. The van der Waals surface area contributed by atoms with E-state index in [1.807, 2.05) is 24.0 Å². The number of carbonyl (C=O) groups excluding carboxylic acids is 1. The molecule has 2 fully saturated rings. The molecule has 1 N–H and O–H groups in total. The molecule has 0 bridgehead atoms. The first-order valence-corrected chi connectivity index (χ1v) is 14.0. The van der Waals surface area contributed by atoms with Crippen molar-refractivity contribution < 1.29 is 13.2 Å². The molecule has 34 heavy (non-hydrogen) atoms. The number of rotatable bonds is 7. The Labute approximate surface area is 204 Å². The maximum Gasteiger partial charge on any atom is 0.263 e. The summed E-state index contributed by atoms with van der Waals surface area (Å²) in [6, 6.07) is 15.6. The lowest BCUT2D eigenvalue weighted by Crippen LogP contribution is -2.40. The quantitative estimate of drug-likeness (QED) is 0.533. The van der Waals surface area contributed by atoms with Gasteiger partial charge < -0.3 is 4.90 Å². The lowest BCUT2D eigenvalue weighted by molar-refractivity contribution is -0.121. The molecule has 2 atom stereocenters. The monoisotopic (exact) mass is 496 g/mol. The molecule has 0 saturated carbocycles. The molecule has 9 heteroatoms. The van der Waals surface area contributed by atoms with Gasteiger partial charge in [-0.15, -0.1) is 11.3 Å². The summed E-state index contributed by atoms with van der Waals surface area (Å²) in [6.07, 6.45) is 3.95. The standard InChI is InChI=1S/C25H28N4O3S2/c1-2-18-16-21(8-9-23(18)34(31,32)27-25-26-12-15-33-25)29-14-11-22(24(29)30)28-13-10-20(17-28)19-6-4-3-5-7-19/h3-9,12,15-16,20,22H,2,10-11,13-14,17H2,1H3,(H,26,27). The molecule has 2 aliphatic rings. The number of anilines is 2. The number of sulfonamides is 1. The molecule has 2 unspecified atom stereocenters. The van der Waals surface area contributed by atoms with E-state index >= 15 is 0 Å². The number of aryl methyl sites for hydroxylation is 1. The predicted molar refractivity (Wildman–Crippen MR) is 135 cm³/mol. The molecule has 0 aliphatic carbocycles. The molecule has 0 radical (unpaired) electrons. The van der Waals surface area contributed by atoms with E-state index in [0.717, 1.165) is 31.6 Å². The number of carbonyl (C=O) groups is 1. The van der Waals surface area contributed by atoms with Gasteiger partial charge in [-0.05, 0) is 61.1 Å². The number of thiazole rings is 1. The van der Waals surface area contributed by atoms with E-state index in [9.17, 15) is 13.2 Å². The number of nitrogens with zero attached hydrogens (tertiary/aromatic N) is 3. The van der Waals surface area contributed by atoms with E-state index in [4.69, 9.17) is 0 Å². The summed E-state index contributed by atoms with van der Waals surface area (Å²) in [5, 5.41) is 2.06. The molecular formula is C25H28N4O3S2. The molecule has 1 aromatic heterocycles. The molecule has 1 amide bonds. The molecular weight excluding hydrogens is 468 g/mol. The van der Waals surface area contributed by atoms with Crippen molar-refractivity contribution in [2.75, 3.05) is 29.3 Å². The normalized spacial score (nSPS) is 21.3. The zero-order chi connectivity index (χ0) is 23.7. The van der Waals surface area contributed by atoms with Crippen LogP contribution in [0, 0.1) is 0 Å². The molecule has 2 aliphatic heterocycles. The van der Waals surface area contributed by atoms with Crippen LogP contribution < -0.4 is 9.62 Å². The number of nitrogens with one attached hydrogen (secondary N) is 1. The highest BCUT2D eigenvalue weighted by Crippen LogP contribution is 2.33.